The Hall–Kier alpha value is -0.850. The Balaban J connectivity index is 1.80. The van der Waals surface area contributed by atoms with E-state index >= 15 is 0 Å². The maximum absolute atomic E-state index is 11.9. The van der Waals surface area contributed by atoms with Gasteiger partial charge in [0, 0.05) is 34.7 Å². The highest BCUT2D eigenvalue weighted by atomic mass is 79.9. The van der Waals surface area contributed by atoms with Crippen LogP contribution in [0.5, 0.6) is 0 Å². The Bertz CT molecular complexity index is 836. The molecule has 1 saturated carbocycles. The molecular formula is C19H27BrN2O2S. The van der Waals surface area contributed by atoms with Crippen LogP contribution >= 0.6 is 15.9 Å². The van der Waals surface area contributed by atoms with Crippen molar-refractivity contribution in [2.75, 3.05) is 6.54 Å². The van der Waals surface area contributed by atoms with Gasteiger partial charge in [-0.3, -0.25) is 0 Å². The quantitative estimate of drug-likeness (QED) is 0.709. The first kappa shape index (κ1) is 18.9. The molecule has 0 radical (unpaired) electrons. The largest absolute Gasteiger partial charge is 0.347 e. The third-order valence-electron chi connectivity index (χ3n) is 5.17. The van der Waals surface area contributed by atoms with Gasteiger partial charge in [0.1, 0.15) is 0 Å². The van der Waals surface area contributed by atoms with Crippen LogP contribution in [0, 0.1) is 5.92 Å². The van der Waals surface area contributed by atoms with Gasteiger partial charge in [0.2, 0.25) is 10.0 Å². The summed E-state index contributed by atoms with van der Waals surface area (Å²) in [6, 6.07) is 6.37. The van der Waals surface area contributed by atoms with E-state index in [0.29, 0.717) is 13.0 Å². The van der Waals surface area contributed by atoms with Crippen LogP contribution in [0.4, 0.5) is 0 Å². The van der Waals surface area contributed by atoms with E-state index in [-0.39, 0.29) is 0 Å². The second-order valence-corrected chi connectivity index (χ2v) is 10.6. The first-order valence-electron chi connectivity index (χ1n) is 9.12. The normalized spacial score (nSPS) is 16.3. The van der Waals surface area contributed by atoms with Gasteiger partial charge in [0.05, 0.1) is 5.25 Å². The lowest BCUT2D eigenvalue weighted by atomic mass is 10.1. The summed E-state index contributed by atoms with van der Waals surface area (Å²) in [6.07, 6.45) is 8.25. The van der Waals surface area contributed by atoms with Crippen molar-refractivity contribution in [3.8, 4) is 0 Å². The molecule has 0 bridgehead atoms. The van der Waals surface area contributed by atoms with Crippen molar-refractivity contribution < 1.29 is 8.42 Å². The summed E-state index contributed by atoms with van der Waals surface area (Å²) >= 11 is 3.58. The number of nitrogens with zero attached hydrogens (tertiary/aromatic N) is 1. The Labute approximate surface area is 159 Å². The number of hydrogen-bond acceptors (Lipinski definition) is 2. The molecule has 25 heavy (non-hydrogen) atoms. The number of hydrogen-bond donors (Lipinski definition) is 1. The van der Waals surface area contributed by atoms with Gasteiger partial charge >= 0.3 is 0 Å². The Morgan fingerprint density at radius 3 is 2.68 bits per heavy atom. The summed E-state index contributed by atoms with van der Waals surface area (Å²) in [7, 11) is -3.20. The van der Waals surface area contributed by atoms with Crippen LogP contribution in [0.15, 0.2) is 28.9 Å². The summed E-state index contributed by atoms with van der Waals surface area (Å²) in [5.41, 5.74) is 2.45. The van der Waals surface area contributed by atoms with Crippen LogP contribution < -0.4 is 4.72 Å². The van der Waals surface area contributed by atoms with Crippen molar-refractivity contribution in [3.63, 3.8) is 0 Å². The highest BCUT2D eigenvalue weighted by molar-refractivity contribution is 9.10. The number of aromatic nitrogens is 1. The lowest BCUT2D eigenvalue weighted by Gasteiger charge is -2.11. The van der Waals surface area contributed by atoms with Crippen LogP contribution in [0.3, 0.4) is 0 Å². The fourth-order valence-electron chi connectivity index (χ4n) is 3.66. The molecule has 3 rings (SSSR count). The van der Waals surface area contributed by atoms with E-state index in [1.165, 1.54) is 42.1 Å². The highest BCUT2D eigenvalue weighted by Crippen LogP contribution is 2.30. The summed E-state index contributed by atoms with van der Waals surface area (Å²) in [4.78, 5) is 0. The zero-order valence-corrected chi connectivity index (χ0v) is 17.4. The lowest BCUT2D eigenvalue weighted by Crippen LogP contribution is -2.32. The Morgan fingerprint density at radius 1 is 1.28 bits per heavy atom. The van der Waals surface area contributed by atoms with E-state index in [1.54, 1.807) is 13.8 Å². The summed E-state index contributed by atoms with van der Waals surface area (Å²) in [5.74, 6) is 0.766. The zero-order valence-electron chi connectivity index (χ0n) is 15.0. The highest BCUT2D eigenvalue weighted by Gasteiger charge is 2.19. The van der Waals surface area contributed by atoms with Crippen LogP contribution in [-0.4, -0.2) is 24.8 Å². The van der Waals surface area contributed by atoms with Crippen molar-refractivity contribution in [1.29, 1.82) is 0 Å². The third kappa shape index (κ3) is 4.47. The average Bonchev–Trinajstić information content (AvgIpc) is 3.16. The molecule has 1 fully saturated rings. The molecule has 1 heterocycles. The zero-order chi connectivity index (χ0) is 18.0. The number of fused-ring (bicyclic) bond motifs is 1. The smallest absolute Gasteiger partial charge is 0.213 e. The first-order chi connectivity index (χ1) is 11.9. The first-order valence-corrected chi connectivity index (χ1v) is 11.5. The predicted molar refractivity (Wildman–Crippen MR) is 107 cm³/mol. The number of nitrogens with one attached hydrogen (secondary N) is 1. The lowest BCUT2D eigenvalue weighted by molar-refractivity contribution is 0.465. The minimum atomic E-state index is -3.20. The maximum atomic E-state index is 11.9. The van der Waals surface area contributed by atoms with Crippen molar-refractivity contribution in [3.05, 3.63) is 34.4 Å². The molecule has 0 spiro atoms. The molecule has 1 N–H and O–H groups in total. The molecule has 0 amide bonds. The standard InChI is InChI=1S/C19H27BrN2O2S/c1-14(2)25(23,24)21-10-9-16-13-22(12-15-5-3-4-6-15)19-11-17(20)7-8-18(16)19/h7-8,11,13-15,21H,3-6,9-10,12H2,1-2H3. The van der Waals surface area contributed by atoms with Crippen LogP contribution in [0.25, 0.3) is 10.9 Å². The van der Waals surface area contributed by atoms with Crippen molar-refractivity contribution in [2.45, 2.75) is 57.7 Å². The second kappa shape index (κ2) is 7.80. The second-order valence-electron chi connectivity index (χ2n) is 7.36. The molecule has 138 valence electrons. The SMILES string of the molecule is CC(C)S(=O)(=O)NCCc1cn(CC2CCCC2)c2cc(Br)ccc12. The van der Waals surface area contributed by atoms with Gasteiger partial charge in [0.15, 0.2) is 0 Å². The molecule has 6 heteroatoms. The minimum Gasteiger partial charge on any atom is -0.347 e. The molecule has 1 aliphatic rings. The monoisotopic (exact) mass is 426 g/mol. The van der Waals surface area contributed by atoms with Crippen molar-refractivity contribution in [1.82, 2.24) is 9.29 Å². The molecule has 2 aromatic rings. The van der Waals surface area contributed by atoms with Gasteiger partial charge in [-0.15, -0.1) is 0 Å². The molecule has 0 saturated heterocycles. The molecule has 0 aliphatic heterocycles. The maximum Gasteiger partial charge on any atom is 0.213 e. The average molecular weight is 427 g/mol. The summed E-state index contributed by atoms with van der Waals surface area (Å²) in [6.45, 7) is 4.91. The summed E-state index contributed by atoms with van der Waals surface area (Å²) in [5, 5.41) is 0.831. The number of halogens is 1. The number of rotatable bonds is 7. The Morgan fingerprint density at radius 2 is 2.00 bits per heavy atom. The fourth-order valence-corrected chi connectivity index (χ4v) is 4.73. The molecule has 4 nitrogen and oxygen atoms in total. The van der Waals surface area contributed by atoms with Gasteiger partial charge in [-0.2, -0.15) is 0 Å². The van der Waals surface area contributed by atoms with Crippen LogP contribution in [0.2, 0.25) is 0 Å². The van der Waals surface area contributed by atoms with E-state index in [2.05, 4.69) is 49.6 Å². The van der Waals surface area contributed by atoms with Crippen molar-refractivity contribution >= 4 is 36.9 Å². The van der Waals surface area contributed by atoms with Gasteiger partial charge in [-0.1, -0.05) is 34.8 Å². The van der Waals surface area contributed by atoms with E-state index in [9.17, 15) is 8.42 Å². The topological polar surface area (TPSA) is 51.1 Å². The Kier molecular flexibility index (Phi) is 5.91. The molecule has 0 atom stereocenters. The summed E-state index contributed by atoms with van der Waals surface area (Å²) < 4.78 is 30.0. The van der Waals surface area contributed by atoms with Crippen molar-refractivity contribution in [2.24, 2.45) is 5.92 Å². The van der Waals surface area contributed by atoms with E-state index < -0.39 is 15.3 Å². The van der Waals surface area contributed by atoms with E-state index in [0.717, 1.165) is 16.9 Å². The van der Waals surface area contributed by atoms with Gasteiger partial charge < -0.3 is 4.57 Å². The van der Waals surface area contributed by atoms with Gasteiger partial charge in [-0.25, -0.2) is 13.1 Å². The van der Waals surface area contributed by atoms with E-state index in [4.69, 9.17) is 0 Å². The van der Waals surface area contributed by atoms with Gasteiger partial charge in [-0.05, 0) is 56.7 Å². The number of sulfonamides is 1. The molecule has 1 aliphatic carbocycles. The van der Waals surface area contributed by atoms with E-state index in [1.807, 2.05) is 0 Å². The van der Waals surface area contributed by atoms with Crippen LogP contribution in [0.1, 0.15) is 45.1 Å². The third-order valence-corrected chi connectivity index (χ3v) is 7.52. The predicted octanol–water partition coefficient (Wildman–Crippen LogP) is 4.46. The molecular weight excluding hydrogens is 400 g/mol. The van der Waals surface area contributed by atoms with Gasteiger partial charge in [0.25, 0.3) is 0 Å². The van der Waals surface area contributed by atoms with Crippen LogP contribution in [-0.2, 0) is 23.0 Å². The molecule has 1 aromatic heterocycles. The molecule has 1 aromatic carbocycles. The fraction of sp³-hybridized carbons (Fsp3) is 0.579. The minimum absolute atomic E-state index is 0.396. The molecule has 0 unspecified atom stereocenters. The number of benzene rings is 1.